The Morgan fingerprint density at radius 2 is 2.27 bits per heavy atom. The second-order valence-electron chi connectivity index (χ2n) is 3.33. The molecule has 82 valence electrons. The van der Waals surface area contributed by atoms with E-state index >= 15 is 0 Å². The minimum atomic E-state index is -0.259. The molecule has 0 N–H and O–H groups in total. The Morgan fingerprint density at radius 1 is 1.40 bits per heavy atom. The summed E-state index contributed by atoms with van der Waals surface area (Å²) in [5.41, 5.74) is 0.713. The Labute approximate surface area is 89.7 Å². The van der Waals surface area contributed by atoms with Gasteiger partial charge in [0.05, 0.1) is 6.21 Å². The van der Waals surface area contributed by atoms with Gasteiger partial charge in [-0.2, -0.15) is 0 Å². The van der Waals surface area contributed by atoms with E-state index in [1.807, 2.05) is 0 Å². The molecule has 0 amide bonds. The molecule has 2 nitrogen and oxygen atoms in total. The molecule has 0 aliphatic rings. The Balaban J connectivity index is 2.26. The highest BCUT2D eigenvalue weighted by atomic mass is 19.1. The largest absolute Gasteiger partial charge is 0.396 e. The van der Waals surface area contributed by atoms with Crippen LogP contribution in [0.3, 0.4) is 0 Å². The van der Waals surface area contributed by atoms with Gasteiger partial charge in [-0.05, 0) is 24.1 Å². The second kappa shape index (κ2) is 6.98. The normalized spacial score (nSPS) is 10.8. The molecular formula is C12H16FNO. The van der Waals surface area contributed by atoms with Gasteiger partial charge in [0.1, 0.15) is 12.4 Å². The maximum absolute atomic E-state index is 12.7. The number of hydrogen-bond donors (Lipinski definition) is 0. The van der Waals surface area contributed by atoms with Crippen LogP contribution in [-0.2, 0) is 4.84 Å². The molecule has 1 aromatic rings. The number of hydrogen-bond acceptors (Lipinski definition) is 2. The van der Waals surface area contributed by atoms with Crippen molar-refractivity contribution in [2.24, 2.45) is 5.16 Å². The fourth-order valence-corrected chi connectivity index (χ4v) is 1.15. The van der Waals surface area contributed by atoms with Crippen LogP contribution in [0, 0.1) is 5.82 Å². The fraction of sp³-hybridized carbons (Fsp3) is 0.417. The van der Waals surface area contributed by atoms with E-state index in [0.717, 1.165) is 19.3 Å². The molecule has 15 heavy (non-hydrogen) atoms. The third-order valence-corrected chi connectivity index (χ3v) is 1.96. The molecule has 1 rings (SSSR count). The van der Waals surface area contributed by atoms with Crippen LogP contribution in [0.15, 0.2) is 29.4 Å². The molecule has 0 bridgehead atoms. The van der Waals surface area contributed by atoms with Crippen molar-refractivity contribution in [1.29, 1.82) is 0 Å². The molecule has 0 saturated carbocycles. The number of rotatable bonds is 6. The van der Waals surface area contributed by atoms with Gasteiger partial charge >= 0.3 is 0 Å². The van der Waals surface area contributed by atoms with Crippen LogP contribution in [0.4, 0.5) is 4.39 Å². The van der Waals surface area contributed by atoms with E-state index in [9.17, 15) is 4.39 Å². The number of oxime groups is 1. The monoisotopic (exact) mass is 209 g/mol. The lowest BCUT2D eigenvalue weighted by Crippen LogP contribution is -1.89. The van der Waals surface area contributed by atoms with Gasteiger partial charge in [0.15, 0.2) is 0 Å². The van der Waals surface area contributed by atoms with E-state index < -0.39 is 0 Å². The first kappa shape index (κ1) is 11.7. The first-order valence-electron chi connectivity index (χ1n) is 5.24. The molecule has 3 heteroatoms. The highest BCUT2D eigenvalue weighted by Crippen LogP contribution is 2.01. The molecule has 0 spiro atoms. The highest BCUT2D eigenvalue weighted by Gasteiger charge is 1.90. The summed E-state index contributed by atoms with van der Waals surface area (Å²) in [6, 6.07) is 6.24. The predicted octanol–water partition coefficient (Wildman–Crippen LogP) is 3.37. The number of unbranched alkanes of at least 4 members (excludes halogenated alkanes) is 2. The minimum Gasteiger partial charge on any atom is -0.396 e. The maximum atomic E-state index is 12.7. The summed E-state index contributed by atoms with van der Waals surface area (Å²) < 4.78 is 12.7. The van der Waals surface area contributed by atoms with Crippen LogP contribution < -0.4 is 0 Å². The summed E-state index contributed by atoms with van der Waals surface area (Å²) in [5.74, 6) is -0.259. The van der Waals surface area contributed by atoms with Crippen LogP contribution in [0.25, 0.3) is 0 Å². The van der Waals surface area contributed by atoms with Crippen LogP contribution in [-0.4, -0.2) is 12.8 Å². The molecule has 1 aromatic carbocycles. The third-order valence-electron chi connectivity index (χ3n) is 1.96. The van der Waals surface area contributed by atoms with Crippen molar-refractivity contribution in [3.63, 3.8) is 0 Å². The standard InChI is InChI=1S/C12H16FNO/c1-2-3-4-8-15-14-10-11-6-5-7-12(13)9-11/h5-7,9-10H,2-4,8H2,1H3. The summed E-state index contributed by atoms with van der Waals surface area (Å²) in [4.78, 5) is 5.03. The molecule has 0 fully saturated rings. The second-order valence-corrected chi connectivity index (χ2v) is 3.33. The van der Waals surface area contributed by atoms with Crippen LogP contribution in [0.1, 0.15) is 31.7 Å². The molecule has 0 aromatic heterocycles. The zero-order valence-corrected chi connectivity index (χ0v) is 8.95. The van der Waals surface area contributed by atoms with Crippen molar-refractivity contribution in [1.82, 2.24) is 0 Å². The van der Waals surface area contributed by atoms with Gasteiger partial charge in [0.2, 0.25) is 0 Å². The maximum Gasteiger partial charge on any atom is 0.123 e. The van der Waals surface area contributed by atoms with Gasteiger partial charge in [-0.3, -0.25) is 0 Å². The SMILES string of the molecule is CCCCCON=Cc1cccc(F)c1. The van der Waals surface area contributed by atoms with Crippen molar-refractivity contribution >= 4 is 6.21 Å². The zero-order chi connectivity index (χ0) is 10.9. The number of halogens is 1. The van der Waals surface area contributed by atoms with E-state index in [1.165, 1.54) is 18.3 Å². The molecular weight excluding hydrogens is 193 g/mol. The Bertz CT molecular complexity index is 312. The summed E-state index contributed by atoms with van der Waals surface area (Å²) in [6.07, 6.45) is 4.85. The first-order valence-corrected chi connectivity index (χ1v) is 5.24. The predicted molar refractivity (Wildman–Crippen MR) is 59.5 cm³/mol. The minimum absolute atomic E-state index is 0.259. The van der Waals surface area contributed by atoms with E-state index in [0.29, 0.717) is 12.2 Å². The lowest BCUT2D eigenvalue weighted by Gasteiger charge is -1.97. The summed E-state index contributed by atoms with van der Waals surface area (Å²) in [6.45, 7) is 2.76. The van der Waals surface area contributed by atoms with Crippen molar-refractivity contribution < 1.29 is 9.23 Å². The topological polar surface area (TPSA) is 21.6 Å². The van der Waals surface area contributed by atoms with Crippen molar-refractivity contribution in [2.45, 2.75) is 26.2 Å². The fourth-order valence-electron chi connectivity index (χ4n) is 1.15. The number of benzene rings is 1. The van der Waals surface area contributed by atoms with Crippen LogP contribution in [0.5, 0.6) is 0 Å². The molecule has 0 heterocycles. The van der Waals surface area contributed by atoms with E-state index in [4.69, 9.17) is 4.84 Å². The average Bonchev–Trinajstić information content (AvgIpc) is 2.23. The van der Waals surface area contributed by atoms with Gasteiger partial charge in [-0.15, -0.1) is 0 Å². The molecule has 0 radical (unpaired) electrons. The Kier molecular flexibility index (Phi) is 5.44. The summed E-state index contributed by atoms with van der Waals surface area (Å²) in [7, 11) is 0. The third kappa shape index (κ3) is 5.15. The lowest BCUT2D eigenvalue weighted by atomic mass is 10.2. The van der Waals surface area contributed by atoms with Crippen LogP contribution >= 0.6 is 0 Å². The molecule has 0 aliphatic heterocycles. The van der Waals surface area contributed by atoms with E-state index in [2.05, 4.69) is 12.1 Å². The molecule has 0 atom stereocenters. The first-order chi connectivity index (χ1) is 7.33. The molecule has 0 unspecified atom stereocenters. The smallest absolute Gasteiger partial charge is 0.123 e. The molecule has 0 aliphatic carbocycles. The van der Waals surface area contributed by atoms with Crippen LogP contribution in [0.2, 0.25) is 0 Å². The number of nitrogens with zero attached hydrogens (tertiary/aromatic N) is 1. The van der Waals surface area contributed by atoms with Crippen molar-refractivity contribution in [3.8, 4) is 0 Å². The highest BCUT2D eigenvalue weighted by molar-refractivity contribution is 5.78. The van der Waals surface area contributed by atoms with Crippen molar-refractivity contribution in [2.75, 3.05) is 6.61 Å². The lowest BCUT2D eigenvalue weighted by molar-refractivity contribution is 0.141. The Morgan fingerprint density at radius 3 is 3.00 bits per heavy atom. The summed E-state index contributed by atoms with van der Waals surface area (Å²) in [5, 5.41) is 3.76. The quantitative estimate of drug-likeness (QED) is 0.400. The van der Waals surface area contributed by atoms with Gasteiger partial charge in [0, 0.05) is 0 Å². The average molecular weight is 209 g/mol. The zero-order valence-electron chi connectivity index (χ0n) is 8.95. The van der Waals surface area contributed by atoms with Crippen molar-refractivity contribution in [3.05, 3.63) is 35.6 Å². The van der Waals surface area contributed by atoms with Gasteiger partial charge in [0.25, 0.3) is 0 Å². The van der Waals surface area contributed by atoms with E-state index in [-0.39, 0.29) is 5.82 Å². The van der Waals surface area contributed by atoms with Gasteiger partial charge < -0.3 is 4.84 Å². The van der Waals surface area contributed by atoms with E-state index in [1.54, 1.807) is 12.1 Å². The molecule has 0 saturated heterocycles. The Hall–Kier alpha value is -1.38. The van der Waals surface area contributed by atoms with Gasteiger partial charge in [-0.25, -0.2) is 4.39 Å². The van der Waals surface area contributed by atoms with Gasteiger partial charge in [-0.1, -0.05) is 37.1 Å². The summed E-state index contributed by atoms with van der Waals surface area (Å²) >= 11 is 0.